The number of nitrogens with two attached hydrogens (primary N) is 1. The van der Waals surface area contributed by atoms with Crippen molar-refractivity contribution in [1.29, 1.82) is 0 Å². The van der Waals surface area contributed by atoms with Crippen molar-refractivity contribution in [1.82, 2.24) is 0 Å². The van der Waals surface area contributed by atoms with Crippen LogP contribution in [0.3, 0.4) is 0 Å². The number of rotatable bonds is 6. The van der Waals surface area contributed by atoms with Gasteiger partial charge in [-0.1, -0.05) is 0 Å². The Kier molecular flexibility index (Phi) is 5.00. The molecular weight excluding hydrogens is 408 g/mol. The first-order chi connectivity index (χ1) is 14.4. The van der Waals surface area contributed by atoms with Gasteiger partial charge in [0.1, 0.15) is 24.0 Å². The standard InChI is InChI=1S/C20H20N4O5S/c1-27-15-9-16(28-2)11-17(10-15)30(25,26)23-13-3-5-14(6-4-13)24-12-22-20-18(19(24)21)7-8-29-20/h3-11,23H,12,21H2,1-2H3. The number of nitrogens with one attached hydrogen (secondary N) is 1. The summed E-state index contributed by atoms with van der Waals surface area (Å²) in [4.78, 5) is 6.18. The zero-order chi connectivity index (χ0) is 21.3. The average molecular weight is 428 g/mol. The van der Waals surface area contributed by atoms with Crippen LogP contribution in [0.15, 0.2) is 69.1 Å². The van der Waals surface area contributed by atoms with Crippen LogP contribution in [0.2, 0.25) is 0 Å². The monoisotopic (exact) mass is 428 g/mol. The largest absolute Gasteiger partial charge is 0.497 e. The van der Waals surface area contributed by atoms with E-state index in [4.69, 9.17) is 19.6 Å². The molecule has 0 saturated carbocycles. The first-order valence-electron chi connectivity index (χ1n) is 8.92. The zero-order valence-corrected chi connectivity index (χ0v) is 17.1. The van der Waals surface area contributed by atoms with E-state index in [1.165, 1.54) is 32.6 Å². The number of methoxy groups -OCH3 is 2. The van der Waals surface area contributed by atoms with Crippen molar-refractivity contribution in [2.24, 2.45) is 10.7 Å². The van der Waals surface area contributed by atoms with Crippen LogP contribution in [0.5, 0.6) is 11.5 Å². The van der Waals surface area contributed by atoms with Gasteiger partial charge in [-0.3, -0.25) is 4.72 Å². The second kappa shape index (κ2) is 7.64. The van der Waals surface area contributed by atoms with Gasteiger partial charge in [0.2, 0.25) is 5.55 Å². The van der Waals surface area contributed by atoms with Crippen LogP contribution in [-0.2, 0) is 10.0 Å². The highest BCUT2D eigenvalue weighted by Crippen LogP contribution is 2.27. The minimum atomic E-state index is -3.84. The Bertz CT molecular complexity index is 1280. The van der Waals surface area contributed by atoms with Crippen molar-refractivity contribution in [3.63, 3.8) is 0 Å². The lowest BCUT2D eigenvalue weighted by Crippen LogP contribution is -2.42. The summed E-state index contributed by atoms with van der Waals surface area (Å²) in [6, 6.07) is 13.0. The van der Waals surface area contributed by atoms with Crippen molar-refractivity contribution < 1.29 is 22.3 Å². The highest BCUT2D eigenvalue weighted by atomic mass is 32.2. The number of fused-ring (bicyclic) bond motifs is 1. The van der Waals surface area contributed by atoms with Crippen LogP contribution in [-0.4, -0.2) is 29.3 Å². The van der Waals surface area contributed by atoms with E-state index in [0.717, 1.165) is 10.9 Å². The van der Waals surface area contributed by atoms with Crippen molar-refractivity contribution in [3.8, 4) is 11.5 Å². The van der Waals surface area contributed by atoms with Crippen LogP contribution in [0.25, 0.3) is 5.82 Å². The Morgan fingerprint density at radius 2 is 1.73 bits per heavy atom. The van der Waals surface area contributed by atoms with Gasteiger partial charge in [0, 0.05) is 29.6 Å². The first-order valence-corrected chi connectivity index (χ1v) is 10.4. The predicted molar refractivity (Wildman–Crippen MR) is 111 cm³/mol. The van der Waals surface area contributed by atoms with E-state index < -0.39 is 10.0 Å². The quantitative estimate of drug-likeness (QED) is 0.606. The number of anilines is 2. The van der Waals surface area contributed by atoms with E-state index in [2.05, 4.69) is 9.71 Å². The molecule has 30 heavy (non-hydrogen) atoms. The van der Waals surface area contributed by atoms with Gasteiger partial charge in [0.25, 0.3) is 10.0 Å². The van der Waals surface area contributed by atoms with Gasteiger partial charge in [-0.25, -0.2) is 13.4 Å². The second-order valence-electron chi connectivity index (χ2n) is 6.45. The summed E-state index contributed by atoms with van der Waals surface area (Å²) < 4.78 is 43.7. The van der Waals surface area contributed by atoms with Crippen molar-refractivity contribution in [2.75, 3.05) is 30.5 Å². The first kappa shape index (κ1) is 19.6. The lowest BCUT2D eigenvalue weighted by atomic mass is 10.2. The molecule has 1 aliphatic heterocycles. The summed E-state index contributed by atoms with van der Waals surface area (Å²) in [6.45, 7) is 0.307. The summed E-state index contributed by atoms with van der Waals surface area (Å²) >= 11 is 0. The summed E-state index contributed by atoms with van der Waals surface area (Å²) in [5, 5.41) is 0.720. The Labute approximate surface area is 173 Å². The van der Waals surface area contributed by atoms with Crippen LogP contribution in [0.1, 0.15) is 0 Å². The van der Waals surface area contributed by atoms with Crippen LogP contribution in [0.4, 0.5) is 11.4 Å². The van der Waals surface area contributed by atoms with Crippen molar-refractivity contribution >= 4 is 27.2 Å². The van der Waals surface area contributed by atoms with E-state index in [-0.39, 0.29) is 4.90 Å². The molecule has 0 amide bonds. The van der Waals surface area contributed by atoms with E-state index in [1.807, 2.05) is 4.90 Å². The average Bonchev–Trinajstić information content (AvgIpc) is 3.24. The van der Waals surface area contributed by atoms with Gasteiger partial charge in [-0.2, -0.15) is 0 Å². The predicted octanol–water partition coefficient (Wildman–Crippen LogP) is 1.22. The molecule has 10 heteroatoms. The number of hydrogen-bond acceptors (Lipinski definition) is 8. The molecule has 9 nitrogen and oxygen atoms in total. The molecule has 2 heterocycles. The maximum atomic E-state index is 12.8. The molecule has 156 valence electrons. The van der Waals surface area contributed by atoms with Gasteiger partial charge in [0.15, 0.2) is 0 Å². The normalized spacial score (nSPS) is 13.4. The number of benzene rings is 2. The lowest BCUT2D eigenvalue weighted by molar-refractivity contribution is 0.392. The Morgan fingerprint density at radius 3 is 2.37 bits per heavy atom. The highest BCUT2D eigenvalue weighted by molar-refractivity contribution is 7.92. The maximum Gasteiger partial charge on any atom is 0.262 e. The molecule has 0 aliphatic carbocycles. The number of furan rings is 1. The van der Waals surface area contributed by atoms with Gasteiger partial charge in [-0.15, -0.1) is 0 Å². The van der Waals surface area contributed by atoms with Crippen molar-refractivity contribution in [2.45, 2.75) is 4.90 Å². The van der Waals surface area contributed by atoms with Crippen LogP contribution < -0.4 is 35.6 Å². The molecule has 0 bridgehead atoms. The molecule has 1 aliphatic rings. The fraction of sp³-hybridized carbons (Fsp3) is 0.150. The number of sulfonamides is 1. The zero-order valence-electron chi connectivity index (χ0n) is 16.3. The van der Waals surface area contributed by atoms with E-state index >= 15 is 0 Å². The van der Waals surface area contributed by atoms with Gasteiger partial charge in [0.05, 0.1) is 30.6 Å². The molecule has 0 atom stereocenters. The Morgan fingerprint density at radius 1 is 1.07 bits per heavy atom. The number of ether oxygens (including phenoxy) is 2. The molecule has 0 fully saturated rings. The molecule has 3 N–H and O–H groups in total. The van der Waals surface area contributed by atoms with Gasteiger partial charge >= 0.3 is 0 Å². The summed E-state index contributed by atoms with van der Waals surface area (Å²) in [5.74, 6) is 1.28. The SMILES string of the molecule is COc1cc(OC)cc(S(=O)(=O)Nc2ccc(N3CN=c4occc4=C3N)cc2)c1. The smallest absolute Gasteiger partial charge is 0.262 e. The molecule has 3 aromatic rings. The fourth-order valence-corrected chi connectivity index (χ4v) is 4.16. The molecule has 0 radical (unpaired) electrons. The minimum Gasteiger partial charge on any atom is -0.497 e. The summed E-state index contributed by atoms with van der Waals surface area (Å²) in [6.07, 6.45) is 1.54. The molecule has 2 aromatic carbocycles. The second-order valence-corrected chi connectivity index (χ2v) is 8.14. The van der Waals surface area contributed by atoms with E-state index in [9.17, 15) is 8.42 Å². The van der Waals surface area contributed by atoms with Gasteiger partial charge in [-0.05, 0) is 30.3 Å². The minimum absolute atomic E-state index is 0.0303. The number of nitrogens with zero attached hydrogens (tertiary/aromatic N) is 2. The Balaban J connectivity index is 1.58. The Hall–Kier alpha value is -3.66. The molecular formula is C20H20N4O5S. The third-order valence-corrected chi connectivity index (χ3v) is 5.99. The summed E-state index contributed by atoms with van der Waals surface area (Å²) in [5.41, 5.74) is 7.90. The third-order valence-electron chi connectivity index (χ3n) is 4.63. The van der Waals surface area contributed by atoms with Crippen LogP contribution in [0, 0.1) is 0 Å². The molecule has 1 aromatic heterocycles. The van der Waals surface area contributed by atoms with Crippen molar-refractivity contribution in [3.05, 3.63) is 65.6 Å². The lowest BCUT2D eigenvalue weighted by Gasteiger charge is -2.24. The topological polar surface area (TPSA) is 119 Å². The maximum absolute atomic E-state index is 12.8. The van der Waals surface area contributed by atoms with E-state index in [0.29, 0.717) is 35.2 Å². The molecule has 0 unspecified atom stereocenters. The third kappa shape index (κ3) is 3.64. The van der Waals surface area contributed by atoms with E-state index in [1.54, 1.807) is 36.4 Å². The fourth-order valence-electron chi connectivity index (χ4n) is 3.06. The molecule has 4 rings (SSSR count). The molecule has 0 spiro atoms. The highest BCUT2D eigenvalue weighted by Gasteiger charge is 2.19. The number of hydrogen-bond donors (Lipinski definition) is 2. The van der Waals surface area contributed by atoms with Gasteiger partial charge < -0.3 is 24.5 Å². The van der Waals surface area contributed by atoms with Crippen LogP contribution >= 0.6 is 0 Å². The summed E-state index contributed by atoms with van der Waals surface area (Å²) in [7, 11) is -0.928. The molecule has 0 saturated heterocycles.